The van der Waals surface area contributed by atoms with Crippen LogP contribution >= 0.6 is 0 Å². The molecule has 1 aliphatic heterocycles. The Balaban J connectivity index is 2.10. The predicted molar refractivity (Wildman–Crippen MR) is 74.9 cm³/mol. The first kappa shape index (κ1) is 15.2. The molecule has 1 aromatic rings. The van der Waals surface area contributed by atoms with Crippen molar-refractivity contribution in [2.75, 3.05) is 6.54 Å². The van der Waals surface area contributed by atoms with E-state index in [0.29, 0.717) is 6.04 Å². The van der Waals surface area contributed by atoms with Crippen molar-refractivity contribution < 1.29 is 13.5 Å². The fraction of sp³-hybridized carbons (Fsp3) is 0.600. The molecule has 3 atom stereocenters. The van der Waals surface area contributed by atoms with Gasteiger partial charge < -0.3 is 10.5 Å². The molecule has 0 saturated carbocycles. The highest BCUT2D eigenvalue weighted by Gasteiger charge is 2.27. The van der Waals surface area contributed by atoms with Crippen LogP contribution in [0.5, 0.6) is 5.75 Å². The maximum atomic E-state index is 12.3. The van der Waals surface area contributed by atoms with Gasteiger partial charge in [-0.25, -0.2) is 0 Å². The van der Waals surface area contributed by atoms with Crippen LogP contribution in [0.25, 0.3) is 0 Å². The van der Waals surface area contributed by atoms with Crippen molar-refractivity contribution in [3.63, 3.8) is 0 Å². The van der Waals surface area contributed by atoms with Gasteiger partial charge in [0.1, 0.15) is 5.75 Å². The van der Waals surface area contributed by atoms with Crippen LogP contribution in [-0.2, 0) is 0 Å². The number of benzene rings is 1. The predicted octanol–water partition coefficient (Wildman–Crippen LogP) is 3.16. The minimum absolute atomic E-state index is 0.165. The molecule has 2 rings (SSSR count). The van der Waals surface area contributed by atoms with Crippen molar-refractivity contribution in [2.45, 2.75) is 51.4 Å². The van der Waals surface area contributed by atoms with E-state index in [0.717, 1.165) is 24.9 Å². The Bertz CT molecular complexity index is 442. The van der Waals surface area contributed by atoms with E-state index in [4.69, 9.17) is 5.73 Å². The van der Waals surface area contributed by atoms with Crippen LogP contribution in [0.1, 0.15) is 38.3 Å². The number of likely N-dealkylation sites (tertiary alicyclic amines) is 1. The van der Waals surface area contributed by atoms with Crippen LogP contribution in [0.15, 0.2) is 24.3 Å². The first-order valence-electron chi connectivity index (χ1n) is 7.03. The van der Waals surface area contributed by atoms with Gasteiger partial charge in [-0.2, -0.15) is 8.78 Å². The summed E-state index contributed by atoms with van der Waals surface area (Å²) in [6.45, 7) is 2.40. The summed E-state index contributed by atoms with van der Waals surface area (Å²) in [6, 6.07) is 7.78. The third-order valence-corrected chi connectivity index (χ3v) is 4.03. The van der Waals surface area contributed by atoms with Gasteiger partial charge in [0.25, 0.3) is 0 Å². The zero-order valence-electron chi connectivity index (χ0n) is 11.9. The second kappa shape index (κ2) is 6.50. The van der Waals surface area contributed by atoms with Crippen molar-refractivity contribution in [1.29, 1.82) is 0 Å². The lowest BCUT2D eigenvalue weighted by molar-refractivity contribution is -0.0499. The molecule has 1 fully saturated rings. The molecule has 1 aliphatic rings. The van der Waals surface area contributed by atoms with Gasteiger partial charge in [-0.1, -0.05) is 12.1 Å². The number of ether oxygens (including phenoxy) is 1. The quantitative estimate of drug-likeness (QED) is 0.923. The number of nitrogens with two attached hydrogens (primary N) is 1. The number of piperidine rings is 1. The maximum absolute atomic E-state index is 12.3. The van der Waals surface area contributed by atoms with E-state index in [-0.39, 0.29) is 17.8 Å². The monoisotopic (exact) mass is 284 g/mol. The minimum atomic E-state index is -2.78. The summed E-state index contributed by atoms with van der Waals surface area (Å²) < 4.78 is 29.0. The summed E-state index contributed by atoms with van der Waals surface area (Å²) in [4.78, 5) is 2.37. The lowest BCUT2D eigenvalue weighted by atomic mass is 9.95. The Morgan fingerprint density at radius 3 is 2.80 bits per heavy atom. The Kier molecular flexibility index (Phi) is 4.94. The molecule has 1 saturated heterocycles. The number of halogens is 2. The van der Waals surface area contributed by atoms with Crippen molar-refractivity contribution in [3.8, 4) is 5.75 Å². The Labute approximate surface area is 118 Å². The van der Waals surface area contributed by atoms with Gasteiger partial charge in [-0.3, -0.25) is 4.90 Å². The largest absolute Gasteiger partial charge is 0.435 e. The molecule has 0 aromatic heterocycles. The van der Waals surface area contributed by atoms with Crippen molar-refractivity contribution in [1.82, 2.24) is 4.90 Å². The highest BCUT2D eigenvalue weighted by atomic mass is 19.3. The molecule has 5 heteroatoms. The average molecular weight is 284 g/mol. The highest BCUT2D eigenvalue weighted by molar-refractivity contribution is 5.30. The van der Waals surface area contributed by atoms with Gasteiger partial charge in [-0.15, -0.1) is 0 Å². The fourth-order valence-electron chi connectivity index (χ4n) is 2.94. The first-order valence-corrected chi connectivity index (χ1v) is 7.03. The summed E-state index contributed by atoms with van der Waals surface area (Å²) >= 11 is 0. The van der Waals surface area contributed by atoms with E-state index >= 15 is 0 Å². The van der Waals surface area contributed by atoms with Crippen molar-refractivity contribution in [3.05, 3.63) is 29.8 Å². The van der Waals surface area contributed by atoms with Gasteiger partial charge in [0.15, 0.2) is 0 Å². The first-order chi connectivity index (χ1) is 9.47. The van der Waals surface area contributed by atoms with Gasteiger partial charge >= 0.3 is 6.61 Å². The molecule has 0 radical (unpaired) electrons. The molecule has 0 bridgehead atoms. The normalized spacial score (nSPS) is 25.7. The van der Waals surface area contributed by atoms with E-state index in [2.05, 4.69) is 23.5 Å². The zero-order chi connectivity index (χ0) is 14.7. The number of rotatable bonds is 4. The lowest BCUT2D eigenvalue weighted by Crippen LogP contribution is -2.46. The zero-order valence-corrected chi connectivity index (χ0v) is 11.9. The molecule has 0 aliphatic carbocycles. The Morgan fingerprint density at radius 2 is 2.15 bits per heavy atom. The average Bonchev–Trinajstić information content (AvgIpc) is 2.37. The van der Waals surface area contributed by atoms with Crippen LogP contribution in [0, 0.1) is 0 Å². The Morgan fingerprint density at radius 1 is 1.40 bits per heavy atom. The summed E-state index contributed by atoms with van der Waals surface area (Å²) in [5.74, 6) is 0.214. The molecule has 3 nitrogen and oxygen atoms in total. The summed E-state index contributed by atoms with van der Waals surface area (Å²) in [5, 5.41) is 0. The summed E-state index contributed by atoms with van der Waals surface area (Å²) in [6.07, 6.45) is 1.94. The third kappa shape index (κ3) is 3.67. The summed E-state index contributed by atoms with van der Waals surface area (Å²) in [5.41, 5.74) is 6.97. The molecule has 1 aromatic carbocycles. The fourth-order valence-corrected chi connectivity index (χ4v) is 2.94. The second-order valence-electron chi connectivity index (χ2n) is 5.50. The van der Waals surface area contributed by atoms with Crippen LogP contribution < -0.4 is 10.5 Å². The van der Waals surface area contributed by atoms with E-state index in [9.17, 15) is 8.78 Å². The van der Waals surface area contributed by atoms with Crippen LogP contribution in [0.4, 0.5) is 8.78 Å². The Hall–Kier alpha value is -1.20. The smallest absolute Gasteiger partial charge is 0.387 e. The van der Waals surface area contributed by atoms with E-state index < -0.39 is 6.61 Å². The highest BCUT2D eigenvalue weighted by Crippen LogP contribution is 2.29. The molecule has 0 amide bonds. The molecule has 2 N–H and O–H groups in total. The molecule has 0 spiro atoms. The van der Waals surface area contributed by atoms with Gasteiger partial charge in [0.2, 0.25) is 0 Å². The van der Waals surface area contributed by atoms with Crippen LogP contribution in [0.2, 0.25) is 0 Å². The molecule has 3 unspecified atom stereocenters. The number of hydrogen-bond donors (Lipinski definition) is 1. The van der Waals surface area contributed by atoms with E-state index in [1.807, 2.05) is 6.07 Å². The van der Waals surface area contributed by atoms with Crippen LogP contribution in [-0.4, -0.2) is 30.1 Å². The lowest BCUT2D eigenvalue weighted by Gasteiger charge is -2.40. The van der Waals surface area contributed by atoms with Gasteiger partial charge in [-0.05, 0) is 44.4 Å². The molecule has 1 heterocycles. The van der Waals surface area contributed by atoms with Crippen LogP contribution in [0.3, 0.4) is 0 Å². The number of nitrogens with zero attached hydrogens (tertiary/aromatic N) is 1. The topological polar surface area (TPSA) is 38.5 Å². The van der Waals surface area contributed by atoms with Crippen molar-refractivity contribution >= 4 is 0 Å². The number of alkyl halides is 2. The molecule has 112 valence electrons. The SMILES string of the molecule is CC1CC(N)CCN1C(C)c1cccc(OC(F)F)c1. The maximum Gasteiger partial charge on any atom is 0.387 e. The van der Waals surface area contributed by atoms with Crippen molar-refractivity contribution in [2.24, 2.45) is 5.73 Å². The second-order valence-corrected chi connectivity index (χ2v) is 5.50. The molecule has 20 heavy (non-hydrogen) atoms. The van der Waals surface area contributed by atoms with E-state index in [1.165, 1.54) is 0 Å². The third-order valence-electron chi connectivity index (χ3n) is 4.03. The molecular formula is C15H22F2N2O. The minimum Gasteiger partial charge on any atom is -0.435 e. The van der Waals surface area contributed by atoms with E-state index in [1.54, 1.807) is 18.2 Å². The molecular weight excluding hydrogens is 262 g/mol. The summed E-state index contributed by atoms with van der Waals surface area (Å²) in [7, 11) is 0. The van der Waals surface area contributed by atoms with Gasteiger partial charge in [0, 0.05) is 24.7 Å². The number of hydrogen-bond acceptors (Lipinski definition) is 3. The standard InChI is InChI=1S/C15H22F2N2O/c1-10-8-13(18)6-7-19(10)11(2)12-4-3-5-14(9-12)20-15(16)17/h3-5,9-11,13,15H,6-8,18H2,1-2H3. The van der Waals surface area contributed by atoms with Gasteiger partial charge in [0.05, 0.1) is 0 Å².